The van der Waals surface area contributed by atoms with Crippen molar-refractivity contribution in [2.45, 2.75) is 33.1 Å². The predicted molar refractivity (Wildman–Crippen MR) is 92.6 cm³/mol. The Balaban J connectivity index is 2.37. The fourth-order valence-corrected chi connectivity index (χ4v) is 3.58. The van der Waals surface area contributed by atoms with Crippen LogP contribution in [0.15, 0.2) is 30.3 Å². The highest BCUT2D eigenvalue weighted by Gasteiger charge is 2.17. The molecule has 0 radical (unpaired) electrons. The summed E-state index contributed by atoms with van der Waals surface area (Å²) in [6, 6.07) is 10.1. The molecule has 2 rings (SSSR count). The quantitative estimate of drug-likeness (QED) is 0.822. The summed E-state index contributed by atoms with van der Waals surface area (Å²) in [6.07, 6.45) is 0.831. The predicted octanol–water partition coefficient (Wildman–Crippen LogP) is 5.20. The second-order valence-corrected chi connectivity index (χ2v) is 6.53. The lowest BCUT2D eigenvalue weighted by Crippen LogP contribution is -2.17. The summed E-state index contributed by atoms with van der Waals surface area (Å²) in [5.41, 5.74) is 12.4. The number of rotatable bonds is 4. The van der Waals surface area contributed by atoms with E-state index in [2.05, 4.69) is 32.9 Å². The average molecular weight is 322 g/mol. The van der Waals surface area contributed by atoms with Crippen LogP contribution in [0.5, 0.6) is 0 Å². The number of aryl methyl sites for hydroxylation is 3. The van der Waals surface area contributed by atoms with Crippen LogP contribution in [0.1, 0.15) is 33.7 Å². The molecule has 1 unspecified atom stereocenters. The van der Waals surface area contributed by atoms with Crippen LogP contribution in [-0.4, -0.2) is 6.54 Å². The van der Waals surface area contributed by atoms with Gasteiger partial charge in [-0.25, -0.2) is 0 Å². The molecular formula is C18H21Cl2N. The molecule has 2 aromatic carbocycles. The summed E-state index contributed by atoms with van der Waals surface area (Å²) < 4.78 is 0. The lowest BCUT2D eigenvalue weighted by atomic mass is 9.85. The van der Waals surface area contributed by atoms with E-state index in [0.29, 0.717) is 16.6 Å². The Hall–Kier alpha value is -1.02. The Kier molecular flexibility index (Phi) is 5.32. The fraction of sp³-hybridized carbons (Fsp3) is 0.333. The van der Waals surface area contributed by atoms with Crippen LogP contribution in [0, 0.1) is 20.8 Å². The molecule has 112 valence electrons. The molecule has 0 bridgehead atoms. The zero-order chi connectivity index (χ0) is 15.6. The number of halogens is 2. The van der Waals surface area contributed by atoms with Gasteiger partial charge in [-0.2, -0.15) is 0 Å². The van der Waals surface area contributed by atoms with Gasteiger partial charge < -0.3 is 5.73 Å². The first-order valence-electron chi connectivity index (χ1n) is 7.14. The van der Waals surface area contributed by atoms with Crippen LogP contribution < -0.4 is 5.73 Å². The van der Waals surface area contributed by atoms with Gasteiger partial charge in [-0.1, -0.05) is 47.0 Å². The van der Waals surface area contributed by atoms with E-state index in [0.717, 1.165) is 12.0 Å². The molecule has 3 heteroatoms. The van der Waals surface area contributed by atoms with Crippen LogP contribution in [0.4, 0.5) is 0 Å². The molecule has 0 fully saturated rings. The largest absolute Gasteiger partial charge is 0.330 e. The second kappa shape index (κ2) is 6.83. The zero-order valence-electron chi connectivity index (χ0n) is 12.7. The van der Waals surface area contributed by atoms with E-state index in [-0.39, 0.29) is 5.92 Å². The Labute approximate surface area is 137 Å². The third-order valence-electron chi connectivity index (χ3n) is 3.91. The second-order valence-electron chi connectivity index (χ2n) is 5.68. The first-order chi connectivity index (χ1) is 9.92. The molecule has 0 aromatic heterocycles. The van der Waals surface area contributed by atoms with Crippen LogP contribution >= 0.6 is 23.2 Å². The van der Waals surface area contributed by atoms with Gasteiger partial charge in [-0.05, 0) is 68.1 Å². The monoisotopic (exact) mass is 321 g/mol. The first kappa shape index (κ1) is 16.4. The van der Waals surface area contributed by atoms with Crippen LogP contribution in [0.25, 0.3) is 0 Å². The van der Waals surface area contributed by atoms with Crippen molar-refractivity contribution in [1.29, 1.82) is 0 Å². The van der Waals surface area contributed by atoms with Gasteiger partial charge in [0.1, 0.15) is 0 Å². The lowest BCUT2D eigenvalue weighted by molar-refractivity contribution is 0.685. The Morgan fingerprint density at radius 2 is 1.62 bits per heavy atom. The van der Waals surface area contributed by atoms with Crippen molar-refractivity contribution in [2.75, 3.05) is 6.54 Å². The number of hydrogen-bond donors (Lipinski definition) is 1. The molecule has 1 nitrogen and oxygen atoms in total. The van der Waals surface area contributed by atoms with E-state index >= 15 is 0 Å². The molecule has 21 heavy (non-hydrogen) atoms. The number of nitrogens with two attached hydrogens (primary N) is 1. The molecule has 1 atom stereocenters. The van der Waals surface area contributed by atoms with Gasteiger partial charge in [0.15, 0.2) is 0 Å². The van der Waals surface area contributed by atoms with Crippen molar-refractivity contribution in [3.63, 3.8) is 0 Å². The van der Waals surface area contributed by atoms with Gasteiger partial charge in [-0.15, -0.1) is 0 Å². The SMILES string of the molecule is Cc1cc(C)c(C(CN)Cc2ccc(Cl)cc2Cl)c(C)c1. The van der Waals surface area contributed by atoms with Crippen molar-refractivity contribution >= 4 is 23.2 Å². The van der Waals surface area contributed by atoms with Gasteiger partial charge >= 0.3 is 0 Å². The molecular weight excluding hydrogens is 301 g/mol. The highest BCUT2D eigenvalue weighted by atomic mass is 35.5. The maximum Gasteiger partial charge on any atom is 0.0453 e. The van der Waals surface area contributed by atoms with E-state index < -0.39 is 0 Å². The van der Waals surface area contributed by atoms with Gasteiger partial charge in [0.2, 0.25) is 0 Å². The molecule has 0 saturated heterocycles. The first-order valence-corrected chi connectivity index (χ1v) is 7.89. The summed E-state index contributed by atoms with van der Waals surface area (Å²) in [5.74, 6) is 0.268. The molecule has 0 amide bonds. The van der Waals surface area contributed by atoms with E-state index in [1.807, 2.05) is 12.1 Å². The van der Waals surface area contributed by atoms with Crippen molar-refractivity contribution in [2.24, 2.45) is 5.73 Å². The smallest absolute Gasteiger partial charge is 0.0453 e. The summed E-state index contributed by atoms with van der Waals surface area (Å²) in [6.45, 7) is 7.03. The van der Waals surface area contributed by atoms with Crippen molar-refractivity contribution < 1.29 is 0 Å². The normalized spacial score (nSPS) is 12.5. The van der Waals surface area contributed by atoms with Crippen molar-refractivity contribution in [3.8, 4) is 0 Å². The maximum atomic E-state index is 6.30. The van der Waals surface area contributed by atoms with E-state index in [9.17, 15) is 0 Å². The van der Waals surface area contributed by atoms with Crippen LogP contribution in [0.3, 0.4) is 0 Å². The molecule has 0 aliphatic heterocycles. The summed E-state index contributed by atoms with van der Waals surface area (Å²) in [5, 5.41) is 1.37. The van der Waals surface area contributed by atoms with Crippen molar-refractivity contribution in [3.05, 3.63) is 68.2 Å². The topological polar surface area (TPSA) is 26.0 Å². The van der Waals surface area contributed by atoms with Gasteiger partial charge in [-0.3, -0.25) is 0 Å². The minimum absolute atomic E-state index is 0.268. The maximum absolute atomic E-state index is 6.30. The molecule has 2 aromatic rings. The highest BCUT2D eigenvalue weighted by Crippen LogP contribution is 2.30. The minimum atomic E-state index is 0.268. The molecule has 0 aliphatic rings. The van der Waals surface area contributed by atoms with E-state index in [1.54, 1.807) is 6.07 Å². The summed E-state index contributed by atoms with van der Waals surface area (Å²) in [7, 11) is 0. The van der Waals surface area contributed by atoms with Gasteiger partial charge in [0.05, 0.1) is 0 Å². The lowest BCUT2D eigenvalue weighted by Gasteiger charge is -2.21. The summed E-state index contributed by atoms with van der Waals surface area (Å²) in [4.78, 5) is 0. The fourth-order valence-electron chi connectivity index (χ4n) is 3.09. The van der Waals surface area contributed by atoms with E-state index in [1.165, 1.54) is 22.3 Å². The van der Waals surface area contributed by atoms with Gasteiger partial charge in [0.25, 0.3) is 0 Å². The third-order valence-corrected chi connectivity index (χ3v) is 4.50. The average Bonchev–Trinajstić information content (AvgIpc) is 2.39. The molecule has 0 saturated carbocycles. The third kappa shape index (κ3) is 3.79. The zero-order valence-corrected chi connectivity index (χ0v) is 14.2. The Morgan fingerprint density at radius 1 is 1.00 bits per heavy atom. The number of hydrogen-bond acceptors (Lipinski definition) is 1. The highest BCUT2D eigenvalue weighted by molar-refractivity contribution is 6.35. The summed E-state index contributed by atoms with van der Waals surface area (Å²) >= 11 is 12.3. The molecule has 0 aliphatic carbocycles. The standard InChI is InChI=1S/C18H21Cl2N/c1-11-6-12(2)18(13(3)7-11)15(10-21)8-14-4-5-16(19)9-17(14)20/h4-7,9,15H,8,10,21H2,1-3H3. The molecule has 0 heterocycles. The van der Waals surface area contributed by atoms with Crippen molar-refractivity contribution in [1.82, 2.24) is 0 Å². The number of benzene rings is 2. The van der Waals surface area contributed by atoms with Crippen LogP contribution in [0.2, 0.25) is 10.0 Å². The molecule has 0 spiro atoms. The van der Waals surface area contributed by atoms with Gasteiger partial charge in [0, 0.05) is 16.0 Å². The van der Waals surface area contributed by atoms with Crippen LogP contribution in [-0.2, 0) is 6.42 Å². The Morgan fingerprint density at radius 3 is 2.14 bits per heavy atom. The Bertz CT molecular complexity index is 627. The van der Waals surface area contributed by atoms with E-state index in [4.69, 9.17) is 28.9 Å². The molecule has 2 N–H and O–H groups in total. The minimum Gasteiger partial charge on any atom is -0.330 e.